The van der Waals surface area contributed by atoms with Crippen molar-refractivity contribution in [1.82, 2.24) is 0 Å². The lowest BCUT2D eigenvalue weighted by Crippen LogP contribution is -2.03. The summed E-state index contributed by atoms with van der Waals surface area (Å²) in [5.41, 5.74) is 3.15. The van der Waals surface area contributed by atoms with Crippen LogP contribution < -0.4 is 0 Å². The van der Waals surface area contributed by atoms with Gasteiger partial charge in [-0.3, -0.25) is 0 Å². The van der Waals surface area contributed by atoms with Crippen molar-refractivity contribution in [3.05, 3.63) is 47.2 Å². The number of rotatable bonds is 8. The van der Waals surface area contributed by atoms with E-state index in [4.69, 9.17) is 0 Å². The smallest absolute Gasteiger partial charge is 0.166 e. The van der Waals surface area contributed by atoms with Crippen LogP contribution in [0.3, 0.4) is 0 Å². The minimum absolute atomic E-state index is 0.615. The third-order valence-electron chi connectivity index (χ3n) is 3.31. The molecule has 116 valence electrons. The molecule has 0 atom stereocenters. The van der Waals surface area contributed by atoms with Crippen LogP contribution >= 0.6 is 0 Å². The van der Waals surface area contributed by atoms with Crippen molar-refractivity contribution < 1.29 is 13.2 Å². The average Bonchev–Trinajstić information content (AvgIpc) is 2.45. The van der Waals surface area contributed by atoms with Gasteiger partial charge in [-0.15, -0.1) is 5.73 Å². The van der Waals surface area contributed by atoms with Gasteiger partial charge in [0.05, 0.1) is 5.56 Å². The molecule has 0 N–H and O–H groups in total. The van der Waals surface area contributed by atoms with Crippen molar-refractivity contribution >= 4 is 6.08 Å². The molecule has 0 saturated carbocycles. The highest BCUT2D eigenvalue weighted by molar-refractivity contribution is 5.49. The Hall–Kier alpha value is -1.47. The number of benzene rings is 1. The minimum Gasteiger partial charge on any atom is -0.166 e. The van der Waals surface area contributed by atoms with Gasteiger partial charge in [0.2, 0.25) is 0 Å². The third-order valence-corrected chi connectivity index (χ3v) is 3.31. The Balaban J connectivity index is 2.31. The largest absolute Gasteiger partial charge is 0.416 e. The molecule has 0 saturated heterocycles. The quantitative estimate of drug-likeness (QED) is 0.373. The number of hydrogen-bond donors (Lipinski definition) is 0. The van der Waals surface area contributed by atoms with Gasteiger partial charge in [0, 0.05) is 0 Å². The Kier molecular flexibility index (Phi) is 7.92. The summed E-state index contributed by atoms with van der Waals surface area (Å²) in [6, 6.07) is 5.13. The minimum atomic E-state index is -4.27. The van der Waals surface area contributed by atoms with Crippen LogP contribution in [0.4, 0.5) is 13.2 Å². The van der Waals surface area contributed by atoms with Crippen molar-refractivity contribution in [2.24, 2.45) is 0 Å². The Morgan fingerprint density at radius 2 is 1.57 bits per heavy atom. The van der Waals surface area contributed by atoms with E-state index in [2.05, 4.69) is 12.7 Å². The second-order valence-electron chi connectivity index (χ2n) is 5.19. The van der Waals surface area contributed by atoms with Crippen LogP contribution in [0.2, 0.25) is 0 Å². The zero-order valence-corrected chi connectivity index (χ0v) is 12.5. The summed E-state index contributed by atoms with van der Waals surface area (Å²) in [7, 11) is 0. The zero-order chi connectivity index (χ0) is 15.6. The van der Waals surface area contributed by atoms with Crippen molar-refractivity contribution in [2.45, 2.75) is 58.0 Å². The normalized spacial score (nSPS) is 11.0. The Morgan fingerprint density at radius 3 is 2.19 bits per heavy atom. The van der Waals surface area contributed by atoms with Gasteiger partial charge in [0.1, 0.15) is 0 Å². The van der Waals surface area contributed by atoms with Gasteiger partial charge >= 0.3 is 6.18 Å². The molecular formula is C18H23F3. The fraction of sp³-hybridized carbons (Fsp3) is 0.500. The van der Waals surface area contributed by atoms with Crippen molar-refractivity contribution in [3.8, 4) is 0 Å². The fourth-order valence-electron chi connectivity index (χ4n) is 2.03. The molecule has 0 aliphatic rings. The second kappa shape index (κ2) is 9.46. The first-order chi connectivity index (χ1) is 10.0. The van der Waals surface area contributed by atoms with E-state index in [0.717, 1.165) is 30.5 Å². The first-order valence-corrected chi connectivity index (χ1v) is 7.62. The summed E-state index contributed by atoms with van der Waals surface area (Å²) >= 11 is 0. The molecule has 0 aliphatic heterocycles. The van der Waals surface area contributed by atoms with Crippen LogP contribution in [0.15, 0.2) is 36.1 Å². The van der Waals surface area contributed by atoms with Crippen LogP contribution in [0, 0.1) is 0 Å². The first kappa shape index (κ1) is 17.6. The molecule has 0 bridgehead atoms. The third kappa shape index (κ3) is 7.77. The van der Waals surface area contributed by atoms with Crippen LogP contribution in [0.5, 0.6) is 0 Å². The molecule has 21 heavy (non-hydrogen) atoms. The maximum Gasteiger partial charge on any atom is 0.416 e. The zero-order valence-electron chi connectivity index (χ0n) is 12.5. The highest BCUT2D eigenvalue weighted by Crippen LogP contribution is 2.29. The lowest BCUT2D eigenvalue weighted by Gasteiger charge is -2.05. The Bertz CT molecular complexity index is 448. The molecule has 0 aliphatic carbocycles. The molecule has 0 fully saturated rings. The van der Waals surface area contributed by atoms with Crippen LogP contribution in [-0.2, 0) is 6.18 Å². The molecule has 1 aromatic carbocycles. The van der Waals surface area contributed by atoms with E-state index in [1.807, 2.05) is 6.08 Å². The van der Waals surface area contributed by atoms with Crippen molar-refractivity contribution in [1.29, 1.82) is 0 Å². The summed E-state index contributed by atoms with van der Waals surface area (Å²) in [5.74, 6) is 0. The van der Waals surface area contributed by atoms with E-state index in [0.29, 0.717) is 0 Å². The Labute approximate surface area is 125 Å². The molecule has 0 radical (unpaired) electrons. The van der Waals surface area contributed by atoms with Gasteiger partial charge in [-0.1, -0.05) is 51.2 Å². The second-order valence-corrected chi connectivity index (χ2v) is 5.19. The van der Waals surface area contributed by atoms with Crippen molar-refractivity contribution in [3.63, 3.8) is 0 Å². The van der Waals surface area contributed by atoms with Crippen LogP contribution in [0.1, 0.15) is 63.0 Å². The molecule has 0 unspecified atom stereocenters. The molecule has 3 heteroatoms. The molecule has 0 spiro atoms. The van der Waals surface area contributed by atoms with Gasteiger partial charge in [-0.25, -0.2) is 0 Å². The predicted molar refractivity (Wildman–Crippen MR) is 82.0 cm³/mol. The summed E-state index contributed by atoms with van der Waals surface area (Å²) in [5, 5.41) is 0. The summed E-state index contributed by atoms with van der Waals surface area (Å²) in [4.78, 5) is 0. The molecule has 1 rings (SSSR count). The summed E-state index contributed by atoms with van der Waals surface area (Å²) < 4.78 is 37.2. The highest BCUT2D eigenvalue weighted by atomic mass is 19.4. The maximum absolute atomic E-state index is 12.4. The molecule has 0 aromatic heterocycles. The standard InChI is InChI=1S/C18H23F3/c1-2-3-4-5-6-7-8-9-10-11-16-12-14-17(15-13-16)18(19,20)21/h9,11-15H,2-8H2,1H3. The van der Waals surface area contributed by atoms with Crippen molar-refractivity contribution in [2.75, 3.05) is 0 Å². The van der Waals surface area contributed by atoms with E-state index in [-0.39, 0.29) is 0 Å². The summed E-state index contributed by atoms with van der Waals surface area (Å²) in [6.45, 7) is 2.20. The molecule has 0 nitrogen and oxygen atoms in total. The number of allylic oxidation sites excluding steroid dienone is 1. The van der Waals surface area contributed by atoms with Gasteiger partial charge in [0.25, 0.3) is 0 Å². The first-order valence-electron chi connectivity index (χ1n) is 7.62. The van der Waals surface area contributed by atoms with E-state index in [1.54, 1.807) is 6.08 Å². The van der Waals surface area contributed by atoms with E-state index >= 15 is 0 Å². The molecule has 0 amide bonds. The van der Waals surface area contributed by atoms with E-state index in [1.165, 1.54) is 44.2 Å². The number of unbranched alkanes of at least 4 members (excludes halogenated alkanes) is 6. The van der Waals surface area contributed by atoms with Gasteiger partial charge < -0.3 is 0 Å². The van der Waals surface area contributed by atoms with Gasteiger partial charge in [-0.2, -0.15) is 13.2 Å². The average molecular weight is 296 g/mol. The summed E-state index contributed by atoms with van der Waals surface area (Å²) in [6.07, 6.45) is 7.93. The van der Waals surface area contributed by atoms with E-state index < -0.39 is 11.7 Å². The van der Waals surface area contributed by atoms with Gasteiger partial charge in [0.15, 0.2) is 0 Å². The topological polar surface area (TPSA) is 0 Å². The Morgan fingerprint density at radius 1 is 0.952 bits per heavy atom. The fourth-order valence-corrected chi connectivity index (χ4v) is 2.03. The maximum atomic E-state index is 12.4. The van der Waals surface area contributed by atoms with Crippen LogP contribution in [-0.4, -0.2) is 0 Å². The van der Waals surface area contributed by atoms with Crippen LogP contribution in [0.25, 0.3) is 6.08 Å². The lowest BCUT2D eigenvalue weighted by atomic mass is 10.1. The SMILES string of the molecule is CCCCCCCCC=C=Cc1ccc(C(F)(F)F)cc1. The lowest BCUT2D eigenvalue weighted by molar-refractivity contribution is -0.137. The predicted octanol–water partition coefficient (Wildman–Crippen LogP) is 6.62. The number of alkyl halides is 3. The van der Waals surface area contributed by atoms with E-state index in [9.17, 15) is 13.2 Å². The number of halogens is 3. The molecule has 0 heterocycles. The number of hydrogen-bond acceptors (Lipinski definition) is 0. The monoisotopic (exact) mass is 296 g/mol. The highest BCUT2D eigenvalue weighted by Gasteiger charge is 2.29. The molecule has 1 aromatic rings. The molecular weight excluding hydrogens is 273 g/mol. The van der Waals surface area contributed by atoms with Gasteiger partial charge in [-0.05, 0) is 42.7 Å².